The van der Waals surface area contributed by atoms with E-state index < -0.39 is 0 Å². The molecule has 4 rings (SSSR count). The fourth-order valence-electron chi connectivity index (χ4n) is 4.74. The summed E-state index contributed by atoms with van der Waals surface area (Å²) in [6.07, 6.45) is 4.19. The Labute approximate surface area is 219 Å². The standard InChI is InChI=1S/C31H37N3O3/c32-17-7-2-8-18-33-30(35)21-28-20-26-11-5-6-12-27(26)22-34(28)31(36)19-24-13-15-29(16-14-24)37-23-25-9-3-1-4-10-25/h1,3-6,9-16,28H,2,7-8,17-23,32H2,(H,33,35). The van der Waals surface area contributed by atoms with Crippen LogP contribution in [0.3, 0.4) is 0 Å². The van der Waals surface area contributed by atoms with Gasteiger partial charge in [-0.2, -0.15) is 0 Å². The Balaban J connectivity index is 1.36. The SMILES string of the molecule is NCCCCCNC(=O)CC1Cc2ccccc2CN1C(=O)Cc1ccc(OCc2ccccc2)cc1. The van der Waals surface area contributed by atoms with Gasteiger partial charge in [0.25, 0.3) is 0 Å². The normalized spacial score (nSPS) is 14.6. The van der Waals surface area contributed by atoms with E-state index in [0.29, 0.717) is 45.5 Å². The molecule has 0 spiro atoms. The molecule has 3 aromatic rings. The molecule has 0 saturated carbocycles. The highest BCUT2D eigenvalue weighted by Crippen LogP contribution is 2.26. The molecule has 0 aliphatic carbocycles. The van der Waals surface area contributed by atoms with E-state index in [1.807, 2.05) is 71.6 Å². The fourth-order valence-corrected chi connectivity index (χ4v) is 4.74. The minimum atomic E-state index is -0.153. The minimum absolute atomic E-state index is 0.00477. The van der Waals surface area contributed by atoms with Gasteiger partial charge < -0.3 is 20.7 Å². The molecule has 0 bridgehead atoms. The maximum Gasteiger partial charge on any atom is 0.227 e. The van der Waals surface area contributed by atoms with Gasteiger partial charge in [-0.05, 0) is 60.2 Å². The lowest BCUT2D eigenvalue weighted by Gasteiger charge is -2.37. The molecule has 0 aromatic heterocycles. The zero-order chi connectivity index (χ0) is 25.9. The summed E-state index contributed by atoms with van der Waals surface area (Å²) in [4.78, 5) is 28.0. The van der Waals surface area contributed by atoms with Crippen LogP contribution in [0.4, 0.5) is 0 Å². The van der Waals surface area contributed by atoms with Gasteiger partial charge in [0.2, 0.25) is 11.8 Å². The molecule has 1 aliphatic heterocycles. The smallest absolute Gasteiger partial charge is 0.227 e. The van der Waals surface area contributed by atoms with Crippen LogP contribution in [0.15, 0.2) is 78.9 Å². The molecule has 6 heteroatoms. The number of carbonyl (C=O) groups is 2. The number of benzene rings is 3. The summed E-state index contributed by atoms with van der Waals surface area (Å²) in [5.41, 5.74) is 9.95. The van der Waals surface area contributed by atoms with E-state index in [0.717, 1.165) is 41.7 Å². The summed E-state index contributed by atoms with van der Waals surface area (Å²) in [6, 6.07) is 25.8. The summed E-state index contributed by atoms with van der Waals surface area (Å²) in [7, 11) is 0. The number of hydrogen-bond donors (Lipinski definition) is 2. The Kier molecular flexibility index (Phi) is 9.72. The largest absolute Gasteiger partial charge is 0.489 e. The van der Waals surface area contributed by atoms with E-state index in [9.17, 15) is 9.59 Å². The minimum Gasteiger partial charge on any atom is -0.489 e. The molecule has 1 unspecified atom stereocenters. The van der Waals surface area contributed by atoms with Crippen molar-refractivity contribution in [3.8, 4) is 5.75 Å². The van der Waals surface area contributed by atoms with Gasteiger partial charge in [-0.1, -0.05) is 73.2 Å². The van der Waals surface area contributed by atoms with Crippen LogP contribution in [0.2, 0.25) is 0 Å². The highest BCUT2D eigenvalue weighted by molar-refractivity contribution is 5.81. The van der Waals surface area contributed by atoms with E-state index in [2.05, 4.69) is 17.4 Å². The predicted molar refractivity (Wildman–Crippen MR) is 146 cm³/mol. The van der Waals surface area contributed by atoms with E-state index in [1.165, 1.54) is 5.56 Å². The molecule has 0 saturated heterocycles. The fraction of sp³-hybridized carbons (Fsp3) is 0.355. The topological polar surface area (TPSA) is 84.7 Å². The molecular weight excluding hydrogens is 462 g/mol. The van der Waals surface area contributed by atoms with Crippen molar-refractivity contribution in [2.75, 3.05) is 13.1 Å². The lowest BCUT2D eigenvalue weighted by molar-refractivity contribution is -0.135. The Morgan fingerprint density at radius 2 is 1.59 bits per heavy atom. The van der Waals surface area contributed by atoms with Gasteiger partial charge >= 0.3 is 0 Å². The van der Waals surface area contributed by atoms with Crippen LogP contribution in [0.5, 0.6) is 5.75 Å². The van der Waals surface area contributed by atoms with Gasteiger partial charge in [0, 0.05) is 25.6 Å². The third-order valence-corrected chi connectivity index (χ3v) is 6.83. The lowest BCUT2D eigenvalue weighted by atomic mass is 9.91. The van der Waals surface area contributed by atoms with E-state index in [1.54, 1.807) is 0 Å². The highest BCUT2D eigenvalue weighted by atomic mass is 16.5. The summed E-state index contributed by atoms with van der Waals surface area (Å²) >= 11 is 0. The van der Waals surface area contributed by atoms with Crippen LogP contribution >= 0.6 is 0 Å². The Morgan fingerprint density at radius 1 is 0.865 bits per heavy atom. The third-order valence-electron chi connectivity index (χ3n) is 6.83. The Bertz CT molecular complexity index is 1150. The average molecular weight is 500 g/mol. The van der Waals surface area contributed by atoms with Crippen molar-refractivity contribution in [2.45, 2.75) is 57.7 Å². The summed E-state index contributed by atoms with van der Waals surface area (Å²) in [5, 5.41) is 3.02. The Hall–Kier alpha value is -3.64. The third kappa shape index (κ3) is 7.92. The number of amides is 2. The quantitative estimate of drug-likeness (QED) is 0.362. The zero-order valence-corrected chi connectivity index (χ0v) is 21.4. The molecule has 1 atom stereocenters. The van der Waals surface area contributed by atoms with Crippen LogP contribution in [0.1, 0.15) is 47.9 Å². The Morgan fingerprint density at radius 3 is 2.35 bits per heavy atom. The average Bonchev–Trinajstić information content (AvgIpc) is 2.92. The number of fused-ring (bicyclic) bond motifs is 1. The number of unbranched alkanes of at least 4 members (excludes halogenated alkanes) is 2. The van der Waals surface area contributed by atoms with Crippen LogP contribution < -0.4 is 15.8 Å². The first-order chi connectivity index (χ1) is 18.1. The summed E-state index contributed by atoms with van der Waals surface area (Å²) < 4.78 is 5.88. The molecule has 3 aromatic carbocycles. The molecule has 1 heterocycles. The van der Waals surface area contributed by atoms with Crippen molar-refractivity contribution in [1.29, 1.82) is 0 Å². The number of ether oxygens (including phenoxy) is 1. The lowest BCUT2D eigenvalue weighted by Crippen LogP contribution is -2.47. The second-order valence-electron chi connectivity index (χ2n) is 9.65. The molecule has 37 heavy (non-hydrogen) atoms. The van der Waals surface area contributed by atoms with Gasteiger partial charge in [0.05, 0.1) is 6.42 Å². The molecular formula is C31H37N3O3. The van der Waals surface area contributed by atoms with Crippen molar-refractivity contribution < 1.29 is 14.3 Å². The predicted octanol–water partition coefficient (Wildman–Crippen LogP) is 4.40. The number of nitrogens with zero attached hydrogens (tertiary/aromatic N) is 1. The number of rotatable bonds is 12. The van der Waals surface area contributed by atoms with Gasteiger partial charge in [0.15, 0.2) is 0 Å². The summed E-state index contributed by atoms with van der Waals surface area (Å²) in [6.45, 7) is 2.36. The van der Waals surface area contributed by atoms with Gasteiger partial charge in [-0.3, -0.25) is 9.59 Å². The van der Waals surface area contributed by atoms with Gasteiger partial charge in [0.1, 0.15) is 12.4 Å². The number of nitrogens with two attached hydrogens (primary N) is 1. The maximum absolute atomic E-state index is 13.4. The molecule has 3 N–H and O–H groups in total. The van der Waals surface area contributed by atoms with Crippen molar-refractivity contribution >= 4 is 11.8 Å². The highest BCUT2D eigenvalue weighted by Gasteiger charge is 2.31. The van der Waals surface area contributed by atoms with Gasteiger partial charge in [-0.25, -0.2) is 0 Å². The van der Waals surface area contributed by atoms with Crippen molar-refractivity contribution in [3.63, 3.8) is 0 Å². The first kappa shape index (κ1) is 26.4. The monoisotopic (exact) mass is 499 g/mol. The first-order valence-corrected chi connectivity index (χ1v) is 13.2. The molecule has 0 fully saturated rings. The van der Waals surface area contributed by atoms with Crippen LogP contribution in [-0.2, 0) is 35.6 Å². The molecule has 1 aliphatic rings. The van der Waals surface area contributed by atoms with Crippen LogP contribution in [-0.4, -0.2) is 35.8 Å². The van der Waals surface area contributed by atoms with Gasteiger partial charge in [-0.15, -0.1) is 0 Å². The molecule has 6 nitrogen and oxygen atoms in total. The number of hydrogen-bond acceptors (Lipinski definition) is 4. The van der Waals surface area contributed by atoms with E-state index >= 15 is 0 Å². The summed E-state index contributed by atoms with van der Waals surface area (Å²) in [5.74, 6) is 0.802. The second-order valence-corrected chi connectivity index (χ2v) is 9.65. The second kappa shape index (κ2) is 13.6. The molecule has 0 radical (unpaired) electrons. The van der Waals surface area contributed by atoms with Crippen molar-refractivity contribution in [3.05, 3.63) is 101 Å². The molecule has 194 valence electrons. The molecule has 2 amide bonds. The number of nitrogens with one attached hydrogen (secondary N) is 1. The number of carbonyl (C=O) groups excluding carboxylic acids is 2. The van der Waals surface area contributed by atoms with Crippen molar-refractivity contribution in [2.24, 2.45) is 5.73 Å². The van der Waals surface area contributed by atoms with E-state index in [4.69, 9.17) is 10.5 Å². The van der Waals surface area contributed by atoms with Crippen LogP contribution in [0, 0.1) is 0 Å². The van der Waals surface area contributed by atoms with Crippen LogP contribution in [0.25, 0.3) is 0 Å². The van der Waals surface area contributed by atoms with Crippen molar-refractivity contribution in [1.82, 2.24) is 10.2 Å². The van der Waals surface area contributed by atoms with E-state index in [-0.39, 0.29) is 17.9 Å². The maximum atomic E-state index is 13.4. The zero-order valence-electron chi connectivity index (χ0n) is 21.4. The first-order valence-electron chi connectivity index (χ1n) is 13.2.